The summed E-state index contributed by atoms with van der Waals surface area (Å²) in [6, 6.07) is 8.96. The van der Waals surface area contributed by atoms with Crippen LogP contribution in [0.1, 0.15) is 32.8 Å². The second kappa shape index (κ2) is 5.89. The third kappa shape index (κ3) is 3.78. The van der Waals surface area contributed by atoms with Gasteiger partial charge in [-0.25, -0.2) is 4.79 Å². The summed E-state index contributed by atoms with van der Waals surface area (Å²) in [6.45, 7) is 6.45. The summed E-state index contributed by atoms with van der Waals surface area (Å²) < 4.78 is 6.59. The third-order valence-electron chi connectivity index (χ3n) is 3.61. The van der Waals surface area contributed by atoms with E-state index in [4.69, 9.17) is 4.74 Å². The molecule has 2 atom stereocenters. The number of alkyl carbamates (subject to hydrolysis) is 1. The summed E-state index contributed by atoms with van der Waals surface area (Å²) in [7, 11) is 0. The van der Waals surface area contributed by atoms with Crippen molar-refractivity contribution in [1.29, 1.82) is 0 Å². The molecule has 0 aliphatic heterocycles. The second-order valence-electron chi connectivity index (χ2n) is 6.73. The molecule has 0 spiro atoms. The summed E-state index contributed by atoms with van der Waals surface area (Å²) >= 11 is 1.77. The molecule has 1 saturated carbocycles. The predicted octanol–water partition coefficient (Wildman–Crippen LogP) is 3.66. The molecule has 1 heterocycles. The number of hydrogen-bond acceptors (Lipinski definition) is 4. The minimum absolute atomic E-state index is 0.180. The van der Waals surface area contributed by atoms with E-state index < -0.39 is 5.60 Å². The molecule has 1 aromatic heterocycles. The van der Waals surface area contributed by atoms with E-state index in [0.29, 0.717) is 6.04 Å². The molecule has 1 fully saturated rings. The van der Waals surface area contributed by atoms with Crippen molar-refractivity contribution in [2.24, 2.45) is 0 Å². The van der Waals surface area contributed by atoms with Gasteiger partial charge in [0.1, 0.15) is 5.60 Å². The van der Waals surface area contributed by atoms with Crippen molar-refractivity contribution >= 4 is 27.5 Å². The number of carbonyl (C=O) groups is 1. The van der Waals surface area contributed by atoms with E-state index in [2.05, 4.69) is 40.3 Å². The molecule has 22 heavy (non-hydrogen) atoms. The van der Waals surface area contributed by atoms with Gasteiger partial charge in [0.2, 0.25) is 0 Å². The van der Waals surface area contributed by atoms with Gasteiger partial charge in [0.15, 0.2) is 0 Å². The van der Waals surface area contributed by atoms with Gasteiger partial charge in [-0.1, -0.05) is 18.2 Å². The van der Waals surface area contributed by atoms with E-state index in [9.17, 15) is 4.79 Å². The molecule has 1 amide bonds. The van der Waals surface area contributed by atoms with Gasteiger partial charge in [0.05, 0.1) is 0 Å². The average Bonchev–Trinajstić information content (AvgIpc) is 3.02. The van der Waals surface area contributed by atoms with Crippen molar-refractivity contribution in [3.8, 4) is 0 Å². The van der Waals surface area contributed by atoms with Crippen LogP contribution >= 0.6 is 11.3 Å². The highest BCUT2D eigenvalue weighted by Gasteiger charge is 2.38. The molecular formula is C17H22N2O2S. The van der Waals surface area contributed by atoms with Crippen molar-refractivity contribution < 1.29 is 9.53 Å². The fourth-order valence-corrected chi connectivity index (χ4v) is 3.41. The van der Waals surface area contributed by atoms with Crippen LogP contribution in [0.4, 0.5) is 4.79 Å². The van der Waals surface area contributed by atoms with Gasteiger partial charge >= 0.3 is 6.09 Å². The maximum atomic E-state index is 11.7. The van der Waals surface area contributed by atoms with Gasteiger partial charge in [-0.05, 0) is 49.6 Å². The van der Waals surface area contributed by atoms with E-state index in [1.165, 1.54) is 15.6 Å². The fourth-order valence-electron chi connectivity index (χ4n) is 2.45. The molecule has 1 aliphatic rings. The Morgan fingerprint density at radius 3 is 2.86 bits per heavy atom. The molecule has 0 radical (unpaired) electrons. The zero-order valence-electron chi connectivity index (χ0n) is 13.2. The zero-order valence-corrected chi connectivity index (χ0v) is 14.0. The molecule has 1 aromatic carbocycles. The Morgan fingerprint density at radius 2 is 2.09 bits per heavy atom. The maximum Gasteiger partial charge on any atom is 0.407 e. The number of fused-ring (bicyclic) bond motifs is 1. The van der Waals surface area contributed by atoms with E-state index >= 15 is 0 Å². The van der Waals surface area contributed by atoms with E-state index in [1.807, 2.05) is 20.8 Å². The first-order valence-electron chi connectivity index (χ1n) is 7.60. The van der Waals surface area contributed by atoms with Crippen molar-refractivity contribution in [2.75, 3.05) is 0 Å². The summed E-state index contributed by atoms with van der Waals surface area (Å²) in [5.74, 6) is 0. The van der Waals surface area contributed by atoms with E-state index in [0.717, 1.165) is 13.0 Å². The normalized spacial score (nSPS) is 20.9. The quantitative estimate of drug-likeness (QED) is 0.904. The predicted molar refractivity (Wildman–Crippen MR) is 90.2 cm³/mol. The molecule has 118 valence electrons. The molecular weight excluding hydrogens is 296 g/mol. The first kappa shape index (κ1) is 15.3. The maximum absolute atomic E-state index is 11.7. The van der Waals surface area contributed by atoms with Gasteiger partial charge < -0.3 is 15.4 Å². The average molecular weight is 318 g/mol. The van der Waals surface area contributed by atoms with E-state index in [-0.39, 0.29) is 12.1 Å². The summed E-state index contributed by atoms with van der Waals surface area (Å²) in [5, 5.41) is 9.93. The van der Waals surface area contributed by atoms with Crippen LogP contribution < -0.4 is 10.6 Å². The van der Waals surface area contributed by atoms with E-state index in [1.54, 1.807) is 11.3 Å². The zero-order chi connectivity index (χ0) is 15.7. The number of benzene rings is 1. The van der Waals surface area contributed by atoms with Crippen molar-refractivity contribution in [2.45, 2.75) is 51.4 Å². The lowest BCUT2D eigenvalue weighted by molar-refractivity contribution is 0.0522. The highest BCUT2D eigenvalue weighted by Crippen LogP contribution is 2.27. The van der Waals surface area contributed by atoms with Crippen LogP contribution in [0.15, 0.2) is 29.6 Å². The Bertz CT molecular complexity index is 675. The van der Waals surface area contributed by atoms with Crippen LogP contribution in [0.25, 0.3) is 10.1 Å². The molecule has 0 saturated heterocycles. The van der Waals surface area contributed by atoms with Gasteiger partial charge in [-0.15, -0.1) is 11.3 Å². The number of carbonyl (C=O) groups excluding carboxylic acids is 1. The Morgan fingerprint density at radius 1 is 1.32 bits per heavy atom. The highest BCUT2D eigenvalue weighted by molar-refractivity contribution is 7.17. The largest absolute Gasteiger partial charge is 0.444 e. The van der Waals surface area contributed by atoms with Crippen molar-refractivity contribution in [3.05, 3.63) is 35.2 Å². The van der Waals surface area contributed by atoms with Crippen LogP contribution in [-0.2, 0) is 11.3 Å². The first-order valence-corrected chi connectivity index (χ1v) is 8.48. The highest BCUT2D eigenvalue weighted by atomic mass is 32.1. The summed E-state index contributed by atoms with van der Waals surface area (Å²) in [4.78, 5) is 11.7. The smallest absolute Gasteiger partial charge is 0.407 e. The minimum atomic E-state index is -0.447. The van der Waals surface area contributed by atoms with Crippen molar-refractivity contribution in [1.82, 2.24) is 10.6 Å². The number of rotatable bonds is 4. The Hall–Kier alpha value is -1.59. The SMILES string of the molecule is CC(C)(C)OC(=O)NC1CC1NCc1csc2ccccc12. The van der Waals surface area contributed by atoms with Crippen LogP contribution in [-0.4, -0.2) is 23.8 Å². The number of amides is 1. The Kier molecular flexibility index (Phi) is 4.10. The lowest BCUT2D eigenvalue weighted by atomic mass is 10.2. The first-order chi connectivity index (χ1) is 10.4. The molecule has 4 nitrogen and oxygen atoms in total. The lowest BCUT2D eigenvalue weighted by Crippen LogP contribution is -2.36. The van der Waals surface area contributed by atoms with Crippen LogP contribution in [0.5, 0.6) is 0 Å². The topological polar surface area (TPSA) is 50.4 Å². The fraction of sp³-hybridized carbons (Fsp3) is 0.471. The standard InChI is InChI=1S/C17H22N2O2S/c1-17(2,3)21-16(20)19-14-8-13(14)18-9-11-10-22-15-7-5-4-6-12(11)15/h4-7,10,13-14,18H,8-9H2,1-3H3,(H,19,20). The second-order valence-corrected chi connectivity index (χ2v) is 7.64. The summed E-state index contributed by atoms with van der Waals surface area (Å²) in [6.07, 6.45) is 0.629. The van der Waals surface area contributed by atoms with Crippen LogP contribution in [0.2, 0.25) is 0 Å². The molecule has 2 aromatic rings. The molecule has 1 aliphatic carbocycles. The van der Waals surface area contributed by atoms with Gasteiger partial charge in [-0.3, -0.25) is 0 Å². The van der Waals surface area contributed by atoms with Crippen molar-refractivity contribution in [3.63, 3.8) is 0 Å². The van der Waals surface area contributed by atoms with Gasteiger partial charge in [0, 0.05) is 23.3 Å². The number of nitrogens with one attached hydrogen (secondary N) is 2. The number of hydrogen-bond donors (Lipinski definition) is 2. The molecule has 2 unspecified atom stereocenters. The van der Waals surface area contributed by atoms with Gasteiger partial charge in [-0.2, -0.15) is 0 Å². The Balaban J connectivity index is 1.47. The van der Waals surface area contributed by atoms with Crippen LogP contribution in [0.3, 0.4) is 0 Å². The molecule has 5 heteroatoms. The lowest BCUT2D eigenvalue weighted by Gasteiger charge is -2.19. The minimum Gasteiger partial charge on any atom is -0.444 e. The number of thiophene rings is 1. The number of ether oxygens (including phenoxy) is 1. The van der Waals surface area contributed by atoms with Crippen LogP contribution in [0, 0.1) is 0 Å². The molecule has 0 bridgehead atoms. The Labute approximate surface area is 134 Å². The monoisotopic (exact) mass is 318 g/mol. The molecule has 2 N–H and O–H groups in total. The van der Waals surface area contributed by atoms with Gasteiger partial charge in [0.25, 0.3) is 0 Å². The molecule has 3 rings (SSSR count). The third-order valence-corrected chi connectivity index (χ3v) is 4.62. The summed E-state index contributed by atoms with van der Waals surface area (Å²) in [5.41, 5.74) is 0.876.